The molecule has 2 aromatic heterocycles. The molecule has 8 nitrogen and oxygen atoms in total. The van der Waals surface area contributed by atoms with E-state index in [1.807, 2.05) is 131 Å². The van der Waals surface area contributed by atoms with E-state index in [2.05, 4.69) is 46.4 Å². The first-order chi connectivity index (χ1) is 26.6. The molecular weight excluding hydrogens is 669 g/mol. The molecule has 0 fully saturated rings. The minimum atomic E-state index is 0.509. The van der Waals surface area contributed by atoms with Gasteiger partial charge in [-0.05, 0) is 81.9 Å². The molecule has 8 heteroatoms. The average molecular weight is 703 g/mol. The Morgan fingerprint density at radius 1 is 0.463 bits per heavy atom. The lowest BCUT2D eigenvalue weighted by atomic mass is 10.1. The predicted octanol–water partition coefficient (Wildman–Crippen LogP) is 10.5. The van der Waals surface area contributed by atoms with Crippen molar-refractivity contribution >= 4 is 0 Å². The number of aromatic nitrogens is 4. The maximum absolute atomic E-state index is 9.43. The second-order valence-corrected chi connectivity index (χ2v) is 12.3. The monoisotopic (exact) mass is 702 g/mol. The van der Waals surface area contributed by atoms with Crippen LogP contribution in [0.2, 0.25) is 0 Å². The van der Waals surface area contributed by atoms with Crippen molar-refractivity contribution in [3.05, 3.63) is 205 Å². The molecule has 0 aliphatic rings. The summed E-state index contributed by atoms with van der Waals surface area (Å²) in [6, 6.07) is 51.8. The standard InChI is InChI=1S/2C23H17N3O/c24-15-21-10-9-18(16-26-12-11-25-17-26)13-23(21)27-22-8-4-7-20(14-22)19-5-2-1-3-6-19;24-15-21-7-6-18(16-26-13-12-25-17-26)14-23(21)27-22-10-8-20(9-11-22)19-4-2-1-3-5-19/h2*1-14,17H,16H2. The Balaban J connectivity index is 0.000000167. The first-order valence-corrected chi connectivity index (χ1v) is 17.3. The SMILES string of the molecule is N#Cc1ccc(Cn2ccnc2)cc1Oc1ccc(-c2ccccc2)cc1.N#Cc1ccc(Cn2ccnc2)cc1Oc1cccc(-c2ccccc2)c1. The molecule has 0 atom stereocenters. The predicted molar refractivity (Wildman–Crippen MR) is 209 cm³/mol. The Labute approximate surface area is 314 Å². The van der Waals surface area contributed by atoms with Crippen LogP contribution in [0.1, 0.15) is 22.3 Å². The second kappa shape index (κ2) is 17.0. The fourth-order valence-electron chi connectivity index (χ4n) is 5.84. The summed E-state index contributed by atoms with van der Waals surface area (Å²) in [7, 11) is 0. The molecule has 0 amide bonds. The van der Waals surface area contributed by atoms with E-state index in [-0.39, 0.29) is 0 Å². The smallest absolute Gasteiger partial charge is 0.145 e. The molecule has 2 heterocycles. The number of imidazole rings is 2. The van der Waals surface area contributed by atoms with Crippen LogP contribution in [0.25, 0.3) is 22.3 Å². The van der Waals surface area contributed by atoms with E-state index in [4.69, 9.17) is 9.47 Å². The summed E-state index contributed by atoms with van der Waals surface area (Å²) in [4.78, 5) is 8.11. The zero-order chi connectivity index (χ0) is 37.0. The number of ether oxygens (including phenoxy) is 2. The lowest BCUT2D eigenvalue weighted by Crippen LogP contribution is -1.98. The number of benzene rings is 6. The molecular formula is C46H34N6O2. The van der Waals surface area contributed by atoms with Gasteiger partial charge in [0.15, 0.2) is 0 Å². The largest absolute Gasteiger partial charge is 0.456 e. The molecule has 8 rings (SSSR count). The first-order valence-electron chi connectivity index (χ1n) is 17.3. The van der Waals surface area contributed by atoms with Crippen molar-refractivity contribution in [1.29, 1.82) is 10.5 Å². The Morgan fingerprint density at radius 3 is 1.44 bits per heavy atom. The molecule has 6 aromatic carbocycles. The minimum Gasteiger partial charge on any atom is -0.456 e. The molecule has 0 N–H and O–H groups in total. The highest BCUT2D eigenvalue weighted by molar-refractivity contribution is 5.66. The lowest BCUT2D eigenvalue weighted by Gasteiger charge is -2.11. The van der Waals surface area contributed by atoms with Gasteiger partial charge in [-0.15, -0.1) is 0 Å². The van der Waals surface area contributed by atoms with Crippen molar-refractivity contribution < 1.29 is 9.47 Å². The summed E-state index contributed by atoms with van der Waals surface area (Å²) in [5, 5.41) is 18.8. The number of rotatable bonds is 10. The Bertz CT molecular complexity index is 2500. The van der Waals surface area contributed by atoms with Crippen LogP contribution >= 0.6 is 0 Å². The van der Waals surface area contributed by atoms with Gasteiger partial charge in [0.2, 0.25) is 0 Å². The fourth-order valence-corrected chi connectivity index (χ4v) is 5.84. The van der Waals surface area contributed by atoms with E-state index in [0.29, 0.717) is 47.2 Å². The summed E-state index contributed by atoms with van der Waals surface area (Å²) in [5.74, 6) is 2.52. The van der Waals surface area contributed by atoms with Gasteiger partial charge in [0, 0.05) is 37.9 Å². The third-order valence-corrected chi connectivity index (χ3v) is 8.54. The summed E-state index contributed by atoms with van der Waals surface area (Å²) in [6.07, 6.45) is 10.8. The second-order valence-electron chi connectivity index (χ2n) is 12.3. The molecule has 0 saturated heterocycles. The van der Waals surface area contributed by atoms with Gasteiger partial charge >= 0.3 is 0 Å². The van der Waals surface area contributed by atoms with Crippen LogP contribution in [-0.2, 0) is 13.1 Å². The number of hydrogen-bond donors (Lipinski definition) is 0. The van der Waals surface area contributed by atoms with Crippen molar-refractivity contribution in [3.8, 4) is 57.4 Å². The van der Waals surface area contributed by atoms with Crippen LogP contribution in [0.5, 0.6) is 23.0 Å². The van der Waals surface area contributed by atoms with Crippen LogP contribution in [0.15, 0.2) is 183 Å². The summed E-state index contributed by atoms with van der Waals surface area (Å²) in [5.41, 5.74) is 7.58. The zero-order valence-electron chi connectivity index (χ0n) is 29.2. The van der Waals surface area contributed by atoms with Gasteiger partial charge in [-0.25, -0.2) is 9.97 Å². The van der Waals surface area contributed by atoms with Crippen molar-refractivity contribution in [2.45, 2.75) is 13.1 Å². The van der Waals surface area contributed by atoms with Crippen LogP contribution in [0.4, 0.5) is 0 Å². The van der Waals surface area contributed by atoms with Crippen molar-refractivity contribution in [2.24, 2.45) is 0 Å². The maximum Gasteiger partial charge on any atom is 0.145 e. The van der Waals surface area contributed by atoms with E-state index in [1.54, 1.807) is 37.2 Å². The van der Waals surface area contributed by atoms with Crippen LogP contribution in [0.3, 0.4) is 0 Å². The van der Waals surface area contributed by atoms with Gasteiger partial charge in [0.1, 0.15) is 35.1 Å². The highest BCUT2D eigenvalue weighted by Crippen LogP contribution is 2.31. The maximum atomic E-state index is 9.43. The molecule has 0 radical (unpaired) electrons. The quantitative estimate of drug-likeness (QED) is 0.141. The molecule has 0 saturated carbocycles. The summed E-state index contributed by atoms with van der Waals surface area (Å²) in [6.45, 7) is 1.35. The van der Waals surface area contributed by atoms with Crippen LogP contribution in [-0.4, -0.2) is 19.1 Å². The number of hydrogen-bond acceptors (Lipinski definition) is 6. The summed E-state index contributed by atoms with van der Waals surface area (Å²) < 4.78 is 16.0. The normalized spacial score (nSPS) is 10.3. The Kier molecular flexibility index (Phi) is 11.0. The molecule has 0 unspecified atom stereocenters. The third-order valence-electron chi connectivity index (χ3n) is 8.54. The van der Waals surface area contributed by atoms with Crippen molar-refractivity contribution in [3.63, 3.8) is 0 Å². The molecule has 0 bridgehead atoms. The Morgan fingerprint density at radius 2 is 0.944 bits per heavy atom. The van der Waals surface area contributed by atoms with Crippen LogP contribution < -0.4 is 9.47 Å². The van der Waals surface area contributed by atoms with E-state index in [9.17, 15) is 10.5 Å². The third kappa shape index (κ3) is 8.96. The molecule has 0 spiro atoms. The minimum absolute atomic E-state index is 0.509. The van der Waals surface area contributed by atoms with E-state index < -0.39 is 0 Å². The zero-order valence-corrected chi connectivity index (χ0v) is 29.2. The van der Waals surface area contributed by atoms with Crippen molar-refractivity contribution in [1.82, 2.24) is 19.1 Å². The van der Waals surface area contributed by atoms with E-state index >= 15 is 0 Å². The van der Waals surface area contributed by atoms with Gasteiger partial charge in [-0.1, -0.05) is 97.1 Å². The van der Waals surface area contributed by atoms with Gasteiger partial charge in [-0.3, -0.25) is 0 Å². The fraction of sp³-hybridized carbons (Fsp3) is 0.0435. The average Bonchev–Trinajstić information content (AvgIpc) is 3.95. The highest BCUT2D eigenvalue weighted by Gasteiger charge is 2.10. The molecule has 260 valence electrons. The highest BCUT2D eigenvalue weighted by atomic mass is 16.5. The molecule has 54 heavy (non-hydrogen) atoms. The molecule has 0 aliphatic carbocycles. The van der Waals surface area contributed by atoms with Gasteiger partial charge < -0.3 is 18.6 Å². The molecule has 0 aliphatic heterocycles. The lowest BCUT2D eigenvalue weighted by molar-refractivity contribution is 0.480. The van der Waals surface area contributed by atoms with Gasteiger partial charge in [0.05, 0.1) is 23.8 Å². The molecule has 8 aromatic rings. The van der Waals surface area contributed by atoms with E-state index in [0.717, 1.165) is 33.4 Å². The topological polar surface area (TPSA) is 102 Å². The van der Waals surface area contributed by atoms with Crippen LogP contribution in [0, 0.1) is 22.7 Å². The Hall–Kier alpha value is -7.68. The van der Waals surface area contributed by atoms with E-state index in [1.165, 1.54) is 0 Å². The van der Waals surface area contributed by atoms with Gasteiger partial charge in [0.25, 0.3) is 0 Å². The number of nitriles is 2. The number of nitrogens with zero attached hydrogens (tertiary/aromatic N) is 6. The van der Waals surface area contributed by atoms with Gasteiger partial charge in [-0.2, -0.15) is 10.5 Å². The van der Waals surface area contributed by atoms with Crippen molar-refractivity contribution in [2.75, 3.05) is 0 Å². The summed E-state index contributed by atoms with van der Waals surface area (Å²) >= 11 is 0. The first kappa shape index (κ1) is 34.8.